The zero-order valence-corrected chi connectivity index (χ0v) is 20.6. The predicted octanol–water partition coefficient (Wildman–Crippen LogP) is 5.62. The molecule has 0 radical (unpaired) electrons. The maximum Gasteiger partial charge on any atom is 0.191 e. The van der Waals surface area contributed by atoms with Crippen molar-refractivity contribution in [3.05, 3.63) is 36.1 Å². The second-order valence-electron chi connectivity index (χ2n) is 9.89. The molecule has 3 fully saturated rings. The van der Waals surface area contributed by atoms with Gasteiger partial charge in [0, 0.05) is 24.8 Å². The number of hydrogen-bond acceptors (Lipinski definition) is 6. The van der Waals surface area contributed by atoms with Gasteiger partial charge in [-0.2, -0.15) is 0 Å². The molecule has 2 aromatic heterocycles. The zero-order chi connectivity index (χ0) is 22.3. The summed E-state index contributed by atoms with van der Waals surface area (Å²) >= 11 is 1.94. The second-order valence-corrected chi connectivity index (χ2v) is 10.9. The van der Waals surface area contributed by atoms with Gasteiger partial charge in [0.1, 0.15) is 11.6 Å². The van der Waals surface area contributed by atoms with Gasteiger partial charge in [-0.05, 0) is 75.7 Å². The van der Waals surface area contributed by atoms with Crippen LogP contribution >= 0.6 is 11.8 Å². The first kappa shape index (κ1) is 23.2. The summed E-state index contributed by atoms with van der Waals surface area (Å²) in [6, 6.07) is 3.92. The Morgan fingerprint density at radius 1 is 1.03 bits per heavy atom. The molecular weight excluding hydrogens is 432 g/mol. The topological polar surface area (TPSA) is 56.3 Å². The van der Waals surface area contributed by atoms with Crippen LogP contribution in [0, 0.1) is 5.92 Å². The van der Waals surface area contributed by atoms with Gasteiger partial charge in [-0.3, -0.25) is 4.90 Å². The van der Waals surface area contributed by atoms with Crippen LogP contribution in [0.25, 0.3) is 6.08 Å². The standard InChI is InChI=1S/C26H38N4O2S/c1-2-7-21(8-3-1)20-33-26-28-27-25(30(26)19-24-11-6-18-32-24)22-12-15-29(16-13-22)14-4-9-23-10-5-17-31-23/h4-5,9-10,17,21-22,24H,1-3,6-8,11-16,18-20H2. The third-order valence-electron chi connectivity index (χ3n) is 7.47. The zero-order valence-electron chi connectivity index (χ0n) is 19.7. The van der Waals surface area contributed by atoms with Gasteiger partial charge in [-0.1, -0.05) is 37.1 Å². The first-order valence-electron chi connectivity index (χ1n) is 12.9. The molecule has 0 N–H and O–H groups in total. The van der Waals surface area contributed by atoms with Gasteiger partial charge >= 0.3 is 0 Å². The van der Waals surface area contributed by atoms with E-state index in [1.807, 2.05) is 23.9 Å². The molecule has 0 spiro atoms. The van der Waals surface area contributed by atoms with Crippen molar-refractivity contribution in [3.8, 4) is 0 Å². The maximum atomic E-state index is 6.00. The van der Waals surface area contributed by atoms with Crippen molar-refractivity contribution in [2.75, 3.05) is 32.0 Å². The van der Waals surface area contributed by atoms with E-state index in [1.165, 1.54) is 50.1 Å². The molecule has 6 nitrogen and oxygen atoms in total. The highest BCUT2D eigenvalue weighted by Crippen LogP contribution is 2.33. The molecule has 2 saturated heterocycles. The van der Waals surface area contributed by atoms with Gasteiger partial charge in [-0.15, -0.1) is 10.2 Å². The lowest BCUT2D eigenvalue weighted by Crippen LogP contribution is -2.34. The molecule has 5 rings (SSSR count). The molecular formula is C26H38N4O2S. The maximum absolute atomic E-state index is 6.00. The Morgan fingerprint density at radius 2 is 1.91 bits per heavy atom. The molecule has 1 atom stereocenters. The molecule has 1 unspecified atom stereocenters. The van der Waals surface area contributed by atoms with Crippen LogP contribution in [0.5, 0.6) is 0 Å². The number of aromatic nitrogens is 3. The quantitative estimate of drug-likeness (QED) is 0.444. The summed E-state index contributed by atoms with van der Waals surface area (Å²) in [6.07, 6.45) is 17.9. The van der Waals surface area contributed by atoms with Crippen molar-refractivity contribution < 1.29 is 9.15 Å². The van der Waals surface area contributed by atoms with Crippen LogP contribution in [0.4, 0.5) is 0 Å². The smallest absolute Gasteiger partial charge is 0.191 e. The van der Waals surface area contributed by atoms with Gasteiger partial charge in [0.05, 0.1) is 18.9 Å². The fraction of sp³-hybridized carbons (Fsp3) is 0.692. The molecule has 2 aliphatic heterocycles. The number of nitrogens with zero attached hydrogens (tertiary/aromatic N) is 4. The fourth-order valence-electron chi connectivity index (χ4n) is 5.50. The molecule has 1 saturated carbocycles. The van der Waals surface area contributed by atoms with Crippen LogP contribution in [0.1, 0.15) is 75.3 Å². The highest BCUT2D eigenvalue weighted by molar-refractivity contribution is 7.99. The third-order valence-corrected chi connectivity index (χ3v) is 8.67. The van der Waals surface area contributed by atoms with Crippen molar-refractivity contribution in [3.63, 3.8) is 0 Å². The van der Waals surface area contributed by atoms with E-state index in [4.69, 9.17) is 19.4 Å². The molecule has 4 heterocycles. The number of piperidine rings is 1. The highest BCUT2D eigenvalue weighted by atomic mass is 32.2. The Morgan fingerprint density at radius 3 is 2.67 bits per heavy atom. The van der Waals surface area contributed by atoms with Crippen molar-refractivity contribution in [1.82, 2.24) is 19.7 Å². The Labute approximate surface area is 202 Å². The predicted molar refractivity (Wildman–Crippen MR) is 132 cm³/mol. The second kappa shape index (κ2) is 11.7. The molecule has 180 valence electrons. The molecule has 0 aromatic carbocycles. The minimum atomic E-state index is 0.320. The summed E-state index contributed by atoms with van der Waals surface area (Å²) in [4.78, 5) is 2.52. The van der Waals surface area contributed by atoms with Gasteiger partial charge in [-0.25, -0.2) is 0 Å². The molecule has 1 aliphatic carbocycles. The van der Waals surface area contributed by atoms with E-state index >= 15 is 0 Å². The number of thioether (sulfide) groups is 1. The average molecular weight is 471 g/mol. The van der Waals surface area contributed by atoms with E-state index in [2.05, 4.69) is 21.6 Å². The van der Waals surface area contributed by atoms with Crippen LogP contribution in [0.2, 0.25) is 0 Å². The summed E-state index contributed by atoms with van der Waals surface area (Å²) in [7, 11) is 0. The minimum Gasteiger partial charge on any atom is -0.465 e. The molecule has 2 aromatic rings. The Hall–Kier alpha value is -1.57. The lowest BCUT2D eigenvalue weighted by molar-refractivity contribution is 0.0933. The number of rotatable bonds is 9. The monoisotopic (exact) mass is 470 g/mol. The van der Waals surface area contributed by atoms with Gasteiger partial charge in [0.25, 0.3) is 0 Å². The van der Waals surface area contributed by atoms with Crippen LogP contribution in [0.3, 0.4) is 0 Å². The summed E-state index contributed by atoms with van der Waals surface area (Å²) in [5.74, 6) is 4.64. The molecule has 7 heteroatoms. The van der Waals surface area contributed by atoms with Crippen molar-refractivity contribution in [2.45, 2.75) is 81.5 Å². The summed E-state index contributed by atoms with van der Waals surface area (Å²) < 4.78 is 13.8. The van der Waals surface area contributed by atoms with Gasteiger partial charge in [0.2, 0.25) is 0 Å². The number of likely N-dealkylation sites (tertiary alicyclic amines) is 1. The van der Waals surface area contributed by atoms with E-state index in [1.54, 1.807) is 6.26 Å². The Kier molecular flexibility index (Phi) is 8.23. The fourth-order valence-corrected chi connectivity index (χ4v) is 6.64. The molecule has 0 amide bonds. The third kappa shape index (κ3) is 6.31. The van der Waals surface area contributed by atoms with Crippen molar-refractivity contribution in [1.29, 1.82) is 0 Å². The van der Waals surface area contributed by atoms with E-state index in [0.717, 1.165) is 68.9 Å². The summed E-state index contributed by atoms with van der Waals surface area (Å²) in [5, 5.41) is 10.6. The molecule has 0 bridgehead atoms. The van der Waals surface area contributed by atoms with Crippen LogP contribution in [0.15, 0.2) is 34.0 Å². The van der Waals surface area contributed by atoms with Crippen LogP contribution in [-0.4, -0.2) is 57.8 Å². The number of hydrogen-bond donors (Lipinski definition) is 0. The normalized spacial score (nSPS) is 23.7. The van der Waals surface area contributed by atoms with Crippen LogP contribution < -0.4 is 0 Å². The SMILES string of the molecule is C(=Cc1ccco1)CN1CCC(c2nnc(SCC3CCCCC3)n2CC2CCCO2)CC1. The van der Waals surface area contributed by atoms with Crippen LogP contribution in [-0.2, 0) is 11.3 Å². The highest BCUT2D eigenvalue weighted by Gasteiger charge is 2.28. The average Bonchev–Trinajstić information content (AvgIpc) is 3.63. The molecule has 3 aliphatic rings. The first-order chi connectivity index (χ1) is 16.3. The lowest BCUT2D eigenvalue weighted by Gasteiger charge is -2.31. The van der Waals surface area contributed by atoms with Crippen molar-refractivity contribution in [2.24, 2.45) is 5.92 Å². The van der Waals surface area contributed by atoms with Gasteiger partial charge in [0.15, 0.2) is 5.16 Å². The molecule has 33 heavy (non-hydrogen) atoms. The van der Waals surface area contributed by atoms with E-state index < -0.39 is 0 Å². The number of furan rings is 1. The first-order valence-corrected chi connectivity index (χ1v) is 13.9. The van der Waals surface area contributed by atoms with E-state index in [-0.39, 0.29) is 0 Å². The Balaban J connectivity index is 1.20. The van der Waals surface area contributed by atoms with Crippen molar-refractivity contribution >= 4 is 17.8 Å². The largest absolute Gasteiger partial charge is 0.465 e. The van der Waals surface area contributed by atoms with E-state index in [9.17, 15) is 0 Å². The van der Waals surface area contributed by atoms with Gasteiger partial charge < -0.3 is 13.7 Å². The summed E-state index contributed by atoms with van der Waals surface area (Å²) in [6.45, 7) is 4.99. The minimum absolute atomic E-state index is 0.320. The lowest BCUT2D eigenvalue weighted by atomic mass is 9.91. The Bertz CT molecular complexity index is 861. The summed E-state index contributed by atoms with van der Waals surface area (Å²) in [5.41, 5.74) is 0. The number of ether oxygens (including phenoxy) is 1. The van der Waals surface area contributed by atoms with E-state index in [0.29, 0.717) is 12.0 Å².